The molecule has 0 radical (unpaired) electrons. The fourth-order valence-corrected chi connectivity index (χ4v) is 2.15. The van der Waals surface area contributed by atoms with E-state index in [2.05, 4.69) is 37.5 Å². The number of likely N-dealkylation sites (tertiary alicyclic amines) is 1. The number of halogens is 1. The lowest BCUT2D eigenvalue weighted by molar-refractivity contribution is 0.260. The van der Waals surface area contributed by atoms with Crippen molar-refractivity contribution >= 4 is 23.5 Å². The van der Waals surface area contributed by atoms with E-state index in [0.29, 0.717) is 17.9 Å². The lowest BCUT2D eigenvalue weighted by atomic mass is 10.1. The molecule has 94 valence electrons. The van der Waals surface area contributed by atoms with Gasteiger partial charge in [0.15, 0.2) is 0 Å². The largest absolute Gasteiger partial charge is 0.357 e. The molecule has 0 saturated carbocycles. The van der Waals surface area contributed by atoms with Gasteiger partial charge in [-0.1, -0.05) is 0 Å². The van der Waals surface area contributed by atoms with Crippen LogP contribution in [0, 0.1) is 0 Å². The van der Waals surface area contributed by atoms with Crippen molar-refractivity contribution in [3.05, 3.63) is 5.28 Å². The number of anilines is 2. The Morgan fingerprint density at radius 3 is 2.76 bits per heavy atom. The molecule has 2 heterocycles. The van der Waals surface area contributed by atoms with Gasteiger partial charge >= 0.3 is 0 Å². The molecule has 1 fully saturated rings. The van der Waals surface area contributed by atoms with Gasteiger partial charge in [-0.15, -0.1) is 0 Å². The van der Waals surface area contributed by atoms with Gasteiger partial charge in [0, 0.05) is 19.6 Å². The second-order valence-corrected chi connectivity index (χ2v) is 4.59. The van der Waals surface area contributed by atoms with Gasteiger partial charge in [-0.25, -0.2) is 0 Å². The van der Waals surface area contributed by atoms with E-state index in [1.54, 1.807) is 7.05 Å². The predicted octanol–water partition coefficient (Wildman–Crippen LogP) is 1.07. The molecular formula is C10H17ClN6. The smallest absolute Gasteiger partial charge is 0.229 e. The van der Waals surface area contributed by atoms with Crippen molar-refractivity contribution < 1.29 is 0 Å². The van der Waals surface area contributed by atoms with E-state index in [9.17, 15) is 0 Å². The summed E-state index contributed by atoms with van der Waals surface area (Å²) in [6, 6.07) is 0.372. The summed E-state index contributed by atoms with van der Waals surface area (Å²) in [5, 5.41) is 6.36. The van der Waals surface area contributed by atoms with Crippen molar-refractivity contribution in [3.8, 4) is 0 Å². The first-order valence-electron chi connectivity index (χ1n) is 5.72. The molecule has 1 aliphatic rings. The molecule has 0 amide bonds. The summed E-state index contributed by atoms with van der Waals surface area (Å²) in [5.74, 6) is 1.02. The second-order valence-electron chi connectivity index (χ2n) is 4.25. The van der Waals surface area contributed by atoms with Crippen LogP contribution in [0.3, 0.4) is 0 Å². The van der Waals surface area contributed by atoms with Gasteiger partial charge < -0.3 is 15.5 Å². The average Bonchev–Trinajstić information content (AvgIpc) is 2.28. The van der Waals surface area contributed by atoms with Gasteiger partial charge in [0.05, 0.1) is 0 Å². The number of hydrogen-bond donors (Lipinski definition) is 2. The number of piperidine rings is 1. The maximum Gasteiger partial charge on any atom is 0.229 e. The first-order valence-corrected chi connectivity index (χ1v) is 6.09. The third kappa shape index (κ3) is 3.41. The van der Waals surface area contributed by atoms with Crippen molar-refractivity contribution in [2.75, 3.05) is 37.8 Å². The summed E-state index contributed by atoms with van der Waals surface area (Å²) in [6.07, 6.45) is 2.31. The molecule has 2 rings (SSSR count). The van der Waals surface area contributed by atoms with Crippen LogP contribution >= 0.6 is 11.6 Å². The fraction of sp³-hybridized carbons (Fsp3) is 0.700. The van der Waals surface area contributed by atoms with E-state index in [1.165, 1.54) is 6.42 Å². The SMILES string of the molecule is CNc1nc(Cl)nc(NC2CCCN(C)C2)n1. The van der Waals surface area contributed by atoms with Gasteiger partial charge in [0.1, 0.15) is 0 Å². The molecule has 2 N–H and O–H groups in total. The van der Waals surface area contributed by atoms with E-state index in [4.69, 9.17) is 11.6 Å². The van der Waals surface area contributed by atoms with Crippen molar-refractivity contribution in [2.45, 2.75) is 18.9 Å². The minimum atomic E-state index is 0.205. The normalized spacial score (nSPS) is 21.2. The average molecular weight is 257 g/mol. The molecule has 6 nitrogen and oxygen atoms in total. The summed E-state index contributed by atoms with van der Waals surface area (Å²) >= 11 is 5.82. The molecule has 1 aliphatic heterocycles. The van der Waals surface area contributed by atoms with E-state index in [-0.39, 0.29) is 5.28 Å². The van der Waals surface area contributed by atoms with E-state index < -0.39 is 0 Å². The van der Waals surface area contributed by atoms with Gasteiger partial charge in [-0.05, 0) is 38.0 Å². The number of nitrogens with one attached hydrogen (secondary N) is 2. The van der Waals surface area contributed by atoms with E-state index in [1.807, 2.05) is 0 Å². The molecule has 1 saturated heterocycles. The Hall–Kier alpha value is -1.14. The maximum absolute atomic E-state index is 5.82. The zero-order chi connectivity index (χ0) is 12.3. The summed E-state index contributed by atoms with van der Waals surface area (Å²) < 4.78 is 0. The van der Waals surface area contributed by atoms with Crippen LogP contribution in [0.4, 0.5) is 11.9 Å². The molecule has 0 aromatic carbocycles. The molecule has 7 heteroatoms. The Bertz CT molecular complexity index is 385. The number of aromatic nitrogens is 3. The lowest BCUT2D eigenvalue weighted by Crippen LogP contribution is -2.40. The summed E-state index contributed by atoms with van der Waals surface area (Å²) in [7, 11) is 3.87. The molecule has 0 bridgehead atoms. The molecular weight excluding hydrogens is 240 g/mol. The second kappa shape index (κ2) is 5.46. The van der Waals surface area contributed by atoms with Crippen molar-refractivity contribution in [3.63, 3.8) is 0 Å². The van der Waals surface area contributed by atoms with Crippen LogP contribution in [-0.2, 0) is 0 Å². The molecule has 1 atom stereocenters. The van der Waals surface area contributed by atoms with Crippen LogP contribution in [0.15, 0.2) is 0 Å². The van der Waals surface area contributed by atoms with E-state index >= 15 is 0 Å². The highest BCUT2D eigenvalue weighted by Crippen LogP contribution is 2.14. The van der Waals surface area contributed by atoms with Crippen LogP contribution < -0.4 is 10.6 Å². The Balaban J connectivity index is 2.04. The lowest BCUT2D eigenvalue weighted by Gasteiger charge is -2.30. The van der Waals surface area contributed by atoms with Crippen molar-refractivity contribution in [1.82, 2.24) is 19.9 Å². The number of hydrogen-bond acceptors (Lipinski definition) is 6. The molecule has 0 spiro atoms. The molecule has 1 unspecified atom stereocenters. The number of rotatable bonds is 3. The van der Waals surface area contributed by atoms with Crippen LogP contribution in [0.25, 0.3) is 0 Å². The molecule has 0 aliphatic carbocycles. The number of likely N-dealkylation sites (N-methyl/N-ethyl adjacent to an activating group) is 1. The summed E-state index contributed by atoms with van der Waals surface area (Å²) in [4.78, 5) is 14.5. The molecule has 1 aromatic rings. The Morgan fingerprint density at radius 2 is 2.06 bits per heavy atom. The first kappa shape index (κ1) is 12.3. The monoisotopic (exact) mass is 256 g/mol. The van der Waals surface area contributed by atoms with Gasteiger partial charge in [-0.3, -0.25) is 0 Å². The van der Waals surface area contributed by atoms with Crippen LogP contribution in [0.1, 0.15) is 12.8 Å². The Labute approximate surface area is 106 Å². The highest BCUT2D eigenvalue weighted by molar-refractivity contribution is 6.28. The quantitative estimate of drug-likeness (QED) is 0.844. The topological polar surface area (TPSA) is 66.0 Å². The molecule has 1 aromatic heterocycles. The van der Waals surface area contributed by atoms with Crippen LogP contribution in [0.2, 0.25) is 5.28 Å². The van der Waals surface area contributed by atoms with Crippen LogP contribution in [-0.4, -0.2) is 53.1 Å². The summed E-state index contributed by atoms with van der Waals surface area (Å²) in [5.41, 5.74) is 0. The van der Waals surface area contributed by atoms with Crippen molar-refractivity contribution in [2.24, 2.45) is 0 Å². The van der Waals surface area contributed by atoms with Crippen molar-refractivity contribution in [1.29, 1.82) is 0 Å². The zero-order valence-electron chi connectivity index (χ0n) is 10.1. The zero-order valence-corrected chi connectivity index (χ0v) is 10.8. The van der Waals surface area contributed by atoms with Gasteiger partial charge in [0.2, 0.25) is 17.2 Å². The first-order chi connectivity index (χ1) is 8.17. The third-order valence-corrected chi connectivity index (χ3v) is 2.96. The third-order valence-electron chi connectivity index (χ3n) is 2.79. The van der Waals surface area contributed by atoms with E-state index in [0.717, 1.165) is 19.5 Å². The number of nitrogens with zero attached hydrogens (tertiary/aromatic N) is 4. The highest BCUT2D eigenvalue weighted by Gasteiger charge is 2.18. The Morgan fingerprint density at radius 1 is 1.29 bits per heavy atom. The van der Waals surface area contributed by atoms with Crippen LogP contribution in [0.5, 0.6) is 0 Å². The Kier molecular flexibility index (Phi) is 3.96. The predicted molar refractivity (Wildman–Crippen MR) is 68.5 cm³/mol. The summed E-state index contributed by atoms with van der Waals surface area (Å²) in [6.45, 7) is 2.15. The minimum absolute atomic E-state index is 0.205. The standard InChI is InChI=1S/C10H17ClN6/c1-12-9-14-8(11)15-10(16-9)13-7-4-3-5-17(2)6-7/h7H,3-6H2,1-2H3,(H2,12,13,14,15,16). The fourth-order valence-electron chi connectivity index (χ4n) is 1.99. The minimum Gasteiger partial charge on any atom is -0.357 e. The molecule has 17 heavy (non-hydrogen) atoms. The van der Waals surface area contributed by atoms with Gasteiger partial charge in [0.25, 0.3) is 0 Å². The highest BCUT2D eigenvalue weighted by atomic mass is 35.5. The van der Waals surface area contributed by atoms with Gasteiger partial charge in [-0.2, -0.15) is 15.0 Å². The maximum atomic E-state index is 5.82.